The molecule has 1 aliphatic rings. The van der Waals surface area contributed by atoms with Crippen molar-refractivity contribution >= 4 is 0 Å². The van der Waals surface area contributed by atoms with Crippen LogP contribution in [0.25, 0.3) is 0 Å². The summed E-state index contributed by atoms with van der Waals surface area (Å²) in [6.45, 7) is 3.64. The van der Waals surface area contributed by atoms with Crippen molar-refractivity contribution in [3.05, 3.63) is 0 Å². The highest BCUT2D eigenvalue weighted by Crippen LogP contribution is 1.94. The van der Waals surface area contributed by atoms with Crippen molar-refractivity contribution in [3.63, 3.8) is 0 Å². The first-order valence-corrected chi connectivity index (χ1v) is 4.89. The zero-order valence-corrected chi connectivity index (χ0v) is 8.31. The van der Waals surface area contributed by atoms with Crippen molar-refractivity contribution in [3.8, 4) is 0 Å². The van der Waals surface area contributed by atoms with Gasteiger partial charge in [0.1, 0.15) is 6.10 Å². The monoisotopic (exact) mass is 206 g/mol. The second kappa shape index (κ2) is 8.14. The van der Waals surface area contributed by atoms with Crippen LogP contribution in [0.3, 0.4) is 0 Å². The topological polar surface area (TPSA) is 57.2 Å². The van der Waals surface area contributed by atoms with E-state index in [0.29, 0.717) is 46.2 Å². The van der Waals surface area contributed by atoms with E-state index in [1.807, 2.05) is 0 Å². The van der Waals surface area contributed by atoms with Crippen molar-refractivity contribution in [1.29, 1.82) is 0 Å². The van der Waals surface area contributed by atoms with Crippen molar-refractivity contribution in [1.82, 2.24) is 0 Å². The molecule has 0 aliphatic carbocycles. The van der Waals surface area contributed by atoms with Gasteiger partial charge in [-0.1, -0.05) is 0 Å². The molecule has 1 heterocycles. The second-order valence-corrected chi connectivity index (χ2v) is 2.98. The third kappa shape index (κ3) is 5.51. The molecule has 1 saturated heterocycles. The van der Waals surface area contributed by atoms with Crippen molar-refractivity contribution < 1.29 is 24.1 Å². The molecule has 1 fully saturated rings. The smallest absolute Gasteiger partial charge is 0.104 e. The third-order valence-electron chi connectivity index (χ3n) is 1.83. The van der Waals surface area contributed by atoms with E-state index in [4.69, 9.17) is 24.1 Å². The zero-order chi connectivity index (χ0) is 10.1. The Hall–Kier alpha value is -0.200. The number of hydrogen-bond acceptors (Lipinski definition) is 5. The van der Waals surface area contributed by atoms with Gasteiger partial charge in [-0.3, -0.25) is 0 Å². The Bertz CT molecular complexity index is 118. The minimum Gasteiger partial charge on any atom is -0.394 e. The van der Waals surface area contributed by atoms with Crippen LogP contribution in [0.15, 0.2) is 0 Å². The summed E-state index contributed by atoms with van der Waals surface area (Å²) in [7, 11) is 0. The first-order valence-electron chi connectivity index (χ1n) is 4.89. The molecule has 0 aromatic heterocycles. The fourth-order valence-corrected chi connectivity index (χ4v) is 1.08. The highest BCUT2D eigenvalue weighted by atomic mass is 16.6. The van der Waals surface area contributed by atoms with E-state index in [1.165, 1.54) is 0 Å². The SMILES string of the molecule is OC[C@H]1COCCOCCOCCO1. The van der Waals surface area contributed by atoms with Gasteiger partial charge in [0.15, 0.2) is 0 Å². The van der Waals surface area contributed by atoms with Gasteiger partial charge in [0.2, 0.25) is 0 Å². The molecule has 1 aliphatic heterocycles. The Balaban J connectivity index is 2.17. The Labute approximate surface area is 83.9 Å². The van der Waals surface area contributed by atoms with Crippen LogP contribution in [0.2, 0.25) is 0 Å². The average Bonchev–Trinajstić information content (AvgIpc) is 2.19. The third-order valence-corrected chi connectivity index (χ3v) is 1.83. The standard InChI is InChI=1S/C9H18O5/c10-7-9-8-13-4-3-11-1-2-12-5-6-14-9/h9-10H,1-8H2/t9-/m0/s1. The molecular weight excluding hydrogens is 188 g/mol. The number of ether oxygens (including phenoxy) is 4. The minimum absolute atomic E-state index is 0.0269. The first-order chi connectivity index (χ1) is 6.93. The van der Waals surface area contributed by atoms with E-state index >= 15 is 0 Å². The Morgan fingerprint density at radius 2 is 1.43 bits per heavy atom. The summed E-state index contributed by atoms with van der Waals surface area (Å²) >= 11 is 0. The summed E-state index contributed by atoms with van der Waals surface area (Å²) in [4.78, 5) is 0. The lowest BCUT2D eigenvalue weighted by molar-refractivity contribution is -0.0803. The van der Waals surface area contributed by atoms with Crippen LogP contribution in [0.4, 0.5) is 0 Å². The molecule has 0 amide bonds. The van der Waals surface area contributed by atoms with Crippen LogP contribution in [0.5, 0.6) is 0 Å². The van der Waals surface area contributed by atoms with Crippen LogP contribution in [0.1, 0.15) is 0 Å². The van der Waals surface area contributed by atoms with Crippen molar-refractivity contribution in [2.45, 2.75) is 6.10 Å². The quantitative estimate of drug-likeness (QED) is 0.622. The van der Waals surface area contributed by atoms with Gasteiger partial charge in [0.05, 0.1) is 52.9 Å². The lowest BCUT2D eigenvalue weighted by Gasteiger charge is -2.17. The number of aliphatic hydroxyl groups excluding tert-OH is 1. The molecule has 0 saturated carbocycles. The molecule has 1 N–H and O–H groups in total. The lowest BCUT2D eigenvalue weighted by atomic mass is 10.4. The van der Waals surface area contributed by atoms with Crippen molar-refractivity contribution in [2.24, 2.45) is 0 Å². The molecule has 5 nitrogen and oxygen atoms in total. The molecule has 1 rings (SSSR count). The summed E-state index contributed by atoms with van der Waals surface area (Å²) in [5.74, 6) is 0. The fourth-order valence-electron chi connectivity index (χ4n) is 1.08. The van der Waals surface area contributed by atoms with E-state index in [-0.39, 0.29) is 12.7 Å². The molecule has 0 aromatic rings. The Morgan fingerprint density at radius 1 is 0.857 bits per heavy atom. The molecule has 0 aromatic carbocycles. The van der Waals surface area contributed by atoms with Gasteiger partial charge in [0, 0.05) is 0 Å². The molecule has 0 spiro atoms. The van der Waals surface area contributed by atoms with E-state index in [0.717, 1.165) is 0 Å². The zero-order valence-electron chi connectivity index (χ0n) is 8.31. The van der Waals surface area contributed by atoms with Crippen LogP contribution < -0.4 is 0 Å². The number of hydrogen-bond donors (Lipinski definition) is 1. The Morgan fingerprint density at radius 3 is 2.07 bits per heavy atom. The minimum atomic E-state index is -0.252. The van der Waals surface area contributed by atoms with Gasteiger partial charge < -0.3 is 24.1 Å². The average molecular weight is 206 g/mol. The predicted octanol–water partition coefficient (Wildman–Crippen LogP) is -0.573. The molecule has 0 unspecified atom stereocenters. The Kier molecular flexibility index (Phi) is 6.90. The summed E-state index contributed by atoms with van der Waals surface area (Å²) < 4.78 is 21.0. The predicted molar refractivity (Wildman–Crippen MR) is 49.3 cm³/mol. The molecule has 5 heteroatoms. The molecule has 14 heavy (non-hydrogen) atoms. The van der Waals surface area contributed by atoms with E-state index in [1.54, 1.807) is 0 Å². The van der Waals surface area contributed by atoms with Crippen molar-refractivity contribution in [2.75, 3.05) is 52.9 Å². The van der Waals surface area contributed by atoms with Gasteiger partial charge in [0.25, 0.3) is 0 Å². The fraction of sp³-hybridized carbons (Fsp3) is 1.00. The summed E-state index contributed by atoms with van der Waals surface area (Å²) in [5.41, 5.74) is 0. The van der Waals surface area contributed by atoms with Crippen LogP contribution in [-0.2, 0) is 18.9 Å². The maximum atomic E-state index is 8.92. The number of aliphatic hydroxyl groups is 1. The van der Waals surface area contributed by atoms with E-state index < -0.39 is 0 Å². The summed E-state index contributed by atoms with van der Waals surface area (Å²) in [6, 6.07) is 0. The van der Waals surface area contributed by atoms with Crippen LogP contribution >= 0.6 is 0 Å². The maximum Gasteiger partial charge on any atom is 0.104 e. The van der Waals surface area contributed by atoms with Gasteiger partial charge in [-0.05, 0) is 0 Å². The highest BCUT2D eigenvalue weighted by Gasteiger charge is 2.08. The molecular formula is C9H18O5. The summed E-state index contributed by atoms with van der Waals surface area (Å²) in [6.07, 6.45) is -0.252. The van der Waals surface area contributed by atoms with Gasteiger partial charge >= 0.3 is 0 Å². The first kappa shape index (κ1) is 11.9. The highest BCUT2D eigenvalue weighted by molar-refractivity contribution is 4.54. The maximum absolute atomic E-state index is 8.92. The summed E-state index contributed by atoms with van der Waals surface area (Å²) in [5, 5.41) is 8.92. The van der Waals surface area contributed by atoms with Gasteiger partial charge in [-0.2, -0.15) is 0 Å². The molecule has 1 atom stereocenters. The van der Waals surface area contributed by atoms with E-state index in [9.17, 15) is 0 Å². The van der Waals surface area contributed by atoms with E-state index in [2.05, 4.69) is 0 Å². The number of rotatable bonds is 1. The normalized spacial score (nSPS) is 27.6. The van der Waals surface area contributed by atoms with Gasteiger partial charge in [-0.25, -0.2) is 0 Å². The molecule has 0 radical (unpaired) electrons. The lowest BCUT2D eigenvalue weighted by Crippen LogP contribution is -2.27. The second-order valence-electron chi connectivity index (χ2n) is 2.98. The molecule has 0 bridgehead atoms. The molecule has 84 valence electrons. The van der Waals surface area contributed by atoms with Crippen LogP contribution in [-0.4, -0.2) is 64.1 Å². The largest absolute Gasteiger partial charge is 0.394 e. The van der Waals surface area contributed by atoms with Crippen LogP contribution in [0, 0.1) is 0 Å². The van der Waals surface area contributed by atoms with Gasteiger partial charge in [-0.15, -0.1) is 0 Å².